The molecule has 26 heavy (non-hydrogen) atoms. The summed E-state index contributed by atoms with van der Waals surface area (Å²) in [5.41, 5.74) is 0.669. The number of amides is 1. The van der Waals surface area contributed by atoms with Crippen LogP contribution in [0.3, 0.4) is 0 Å². The maximum Gasteiger partial charge on any atom is 0.292 e. The summed E-state index contributed by atoms with van der Waals surface area (Å²) in [5.74, 6) is -3.27. The molecule has 0 bridgehead atoms. The monoisotopic (exact) mass is 399 g/mol. The lowest BCUT2D eigenvalue weighted by Crippen LogP contribution is -2.24. The van der Waals surface area contributed by atoms with Crippen molar-refractivity contribution in [1.82, 2.24) is 15.5 Å². The van der Waals surface area contributed by atoms with Crippen LogP contribution in [0.25, 0.3) is 11.5 Å². The molecular weight excluding hydrogens is 391 g/mol. The van der Waals surface area contributed by atoms with E-state index in [0.29, 0.717) is 11.1 Å². The first-order chi connectivity index (χ1) is 12.3. The number of phenolic OH excluding ortho intramolecular Hbond substituents is 1. The van der Waals surface area contributed by atoms with Crippen LogP contribution in [0.5, 0.6) is 5.75 Å². The highest BCUT2D eigenvalue weighted by atomic mass is 35.5. The van der Waals surface area contributed by atoms with Crippen LogP contribution in [0.15, 0.2) is 34.9 Å². The van der Waals surface area contributed by atoms with Gasteiger partial charge in [0.1, 0.15) is 0 Å². The number of nitrogens with one attached hydrogen (secondary N) is 1. The molecular formula is C16H9Cl2F2N3O3. The number of carbonyl (C=O) groups excluding carboxylic acids is 1. The summed E-state index contributed by atoms with van der Waals surface area (Å²) in [4.78, 5) is 16.0. The van der Waals surface area contributed by atoms with Gasteiger partial charge in [0.2, 0.25) is 0 Å². The molecule has 3 aromatic rings. The second-order valence-corrected chi connectivity index (χ2v) is 5.96. The second kappa shape index (κ2) is 7.27. The third kappa shape index (κ3) is 3.76. The predicted octanol–water partition coefficient (Wildman–Crippen LogP) is 3.96. The largest absolute Gasteiger partial charge is 0.505 e. The van der Waals surface area contributed by atoms with Crippen LogP contribution in [-0.2, 0) is 6.54 Å². The van der Waals surface area contributed by atoms with Gasteiger partial charge in [-0.3, -0.25) is 4.79 Å². The van der Waals surface area contributed by atoms with Gasteiger partial charge in [-0.15, -0.1) is 0 Å². The van der Waals surface area contributed by atoms with Crippen molar-refractivity contribution >= 4 is 29.1 Å². The lowest BCUT2D eigenvalue weighted by molar-refractivity contribution is 0.0937. The van der Waals surface area contributed by atoms with Gasteiger partial charge < -0.3 is 14.9 Å². The summed E-state index contributed by atoms with van der Waals surface area (Å²) in [7, 11) is 0. The highest BCUT2D eigenvalue weighted by molar-refractivity contribution is 6.37. The minimum atomic E-state index is -1.01. The molecule has 0 fully saturated rings. The van der Waals surface area contributed by atoms with E-state index in [4.69, 9.17) is 27.7 Å². The summed E-state index contributed by atoms with van der Waals surface area (Å²) in [6.45, 7) is -0.0588. The lowest BCUT2D eigenvalue weighted by atomic mass is 10.2. The number of benzene rings is 2. The highest BCUT2D eigenvalue weighted by Crippen LogP contribution is 2.35. The van der Waals surface area contributed by atoms with Gasteiger partial charge in [-0.25, -0.2) is 8.78 Å². The van der Waals surface area contributed by atoms with Gasteiger partial charge in [0, 0.05) is 12.1 Å². The standard InChI is InChI=1S/C16H9Cl2F2N3O3/c17-9-4-8(5-10(18)13(9)24)16-22-14(23-26-16)15(25)21-6-7-1-2-11(19)12(20)3-7/h1-5,24H,6H2,(H,21,25). The molecule has 1 amide bonds. The molecule has 0 spiro atoms. The van der Waals surface area contributed by atoms with Crippen molar-refractivity contribution < 1.29 is 23.2 Å². The van der Waals surface area contributed by atoms with E-state index < -0.39 is 17.5 Å². The van der Waals surface area contributed by atoms with Gasteiger partial charge in [-0.1, -0.05) is 34.4 Å². The third-order valence-electron chi connectivity index (χ3n) is 3.33. The Hall–Kier alpha value is -2.71. The highest BCUT2D eigenvalue weighted by Gasteiger charge is 2.18. The number of rotatable bonds is 4. The minimum absolute atomic E-state index is 0.0185. The van der Waals surface area contributed by atoms with Gasteiger partial charge in [0.15, 0.2) is 17.4 Å². The molecule has 1 aromatic heterocycles. The van der Waals surface area contributed by atoms with E-state index >= 15 is 0 Å². The molecule has 0 atom stereocenters. The second-order valence-electron chi connectivity index (χ2n) is 5.14. The molecule has 3 rings (SSSR count). The molecule has 134 valence electrons. The number of hydrogen-bond donors (Lipinski definition) is 2. The van der Waals surface area contributed by atoms with Crippen molar-refractivity contribution in [2.24, 2.45) is 0 Å². The number of halogens is 4. The van der Waals surface area contributed by atoms with Crippen molar-refractivity contribution in [2.45, 2.75) is 6.54 Å². The first-order valence-corrected chi connectivity index (χ1v) is 7.85. The zero-order valence-electron chi connectivity index (χ0n) is 12.8. The van der Waals surface area contributed by atoms with Gasteiger partial charge in [0.25, 0.3) is 17.6 Å². The van der Waals surface area contributed by atoms with E-state index in [-0.39, 0.29) is 34.1 Å². The molecule has 0 aliphatic carbocycles. The molecule has 1 heterocycles. The molecule has 0 aliphatic rings. The van der Waals surface area contributed by atoms with Crippen molar-refractivity contribution in [3.8, 4) is 17.2 Å². The topological polar surface area (TPSA) is 88.2 Å². The maximum absolute atomic E-state index is 13.1. The van der Waals surface area contributed by atoms with E-state index in [1.807, 2.05) is 0 Å². The van der Waals surface area contributed by atoms with E-state index in [2.05, 4.69) is 15.5 Å². The smallest absolute Gasteiger partial charge is 0.292 e. The fourth-order valence-electron chi connectivity index (χ4n) is 2.03. The average molecular weight is 400 g/mol. The number of carbonyl (C=O) groups is 1. The lowest BCUT2D eigenvalue weighted by Gasteiger charge is -2.03. The summed E-state index contributed by atoms with van der Waals surface area (Å²) in [5, 5.41) is 15.5. The van der Waals surface area contributed by atoms with E-state index in [9.17, 15) is 18.7 Å². The average Bonchev–Trinajstić information content (AvgIpc) is 3.10. The maximum atomic E-state index is 13.1. The normalized spacial score (nSPS) is 10.8. The molecule has 2 aromatic carbocycles. The van der Waals surface area contributed by atoms with E-state index in [1.165, 1.54) is 18.2 Å². The Kier molecular flexibility index (Phi) is 5.06. The van der Waals surface area contributed by atoms with Crippen molar-refractivity contribution in [3.05, 3.63) is 63.4 Å². The Morgan fingerprint density at radius 2 is 1.85 bits per heavy atom. The van der Waals surface area contributed by atoms with Crippen LogP contribution < -0.4 is 5.32 Å². The molecule has 0 aliphatic heterocycles. The molecule has 6 nitrogen and oxygen atoms in total. The van der Waals surface area contributed by atoms with Crippen LogP contribution >= 0.6 is 23.2 Å². The Morgan fingerprint density at radius 3 is 2.50 bits per heavy atom. The molecule has 0 saturated heterocycles. The Morgan fingerprint density at radius 1 is 1.15 bits per heavy atom. The summed E-state index contributed by atoms with van der Waals surface area (Å²) >= 11 is 11.6. The summed E-state index contributed by atoms with van der Waals surface area (Å²) < 4.78 is 31.0. The Bertz CT molecular complexity index is 972. The minimum Gasteiger partial charge on any atom is -0.505 e. The molecule has 0 radical (unpaired) electrons. The quantitative estimate of drug-likeness (QED) is 0.692. The van der Waals surface area contributed by atoms with Gasteiger partial charge in [0.05, 0.1) is 10.0 Å². The van der Waals surface area contributed by atoms with Crippen molar-refractivity contribution in [2.75, 3.05) is 0 Å². The fraction of sp³-hybridized carbons (Fsp3) is 0.0625. The number of aromatic nitrogens is 2. The van der Waals surface area contributed by atoms with Crippen molar-refractivity contribution in [1.29, 1.82) is 0 Å². The van der Waals surface area contributed by atoms with Gasteiger partial charge in [-0.05, 0) is 29.8 Å². The zero-order chi connectivity index (χ0) is 18.8. The number of phenols is 1. The molecule has 0 saturated carbocycles. The number of hydrogen-bond acceptors (Lipinski definition) is 5. The Labute approximate surface area is 155 Å². The van der Waals surface area contributed by atoms with Crippen LogP contribution in [0.1, 0.15) is 16.2 Å². The number of aromatic hydroxyl groups is 1. The van der Waals surface area contributed by atoms with Crippen LogP contribution in [-0.4, -0.2) is 21.2 Å². The zero-order valence-corrected chi connectivity index (χ0v) is 14.3. The third-order valence-corrected chi connectivity index (χ3v) is 3.91. The summed E-state index contributed by atoms with van der Waals surface area (Å²) in [6, 6.07) is 5.96. The first kappa shape index (κ1) is 18.1. The summed E-state index contributed by atoms with van der Waals surface area (Å²) in [6.07, 6.45) is 0. The van der Waals surface area contributed by atoms with Crippen LogP contribution in [0.4, 0.5) is 8.78 Å². The van der Waals surface area contributed by atoms with E-state index in [0.717, 1.165) is 12.1 Å². The molecule has 2 N–H and O–H groups in total. The fourth-order valence-corrected chi connectivity index (χ4v) is 2.52. The predicted molar refractivity (Wildman–Crippen MR) is 88.9 cm³/mol. The van der Waals surface area contributed by atoms with E-state index in [1.54, 1.807) is 0 Å². The first-order valence-electron chi connectivity index (χ1n) is 7.09. The molecule has 10 heteroatoms. The molecule has 0 unspecified atom stereocenters. The SMILES string of the molecule is O=C(NCc1ccc(F)c(F)c1)c1noc(-c2cc(Cl)c(O)c(Cl)c2)n1. The van der Waals surface area contributed by atoms with Crippen LogP contribution in [0.2, 0.25) is 10.0 Å². The van der Waals surface area contributed by atoms with Crippen molar-refractivity contribution in [3.63, 3.8) is 0 Å². The Balaban J connectivity index is 1.73. The van der Waals surface area contributed by atoms with Gasteiger partial charge >= 0.3 is 0 Å². The van der Waals surface area contributed by atoms with Crippen LogP contribution in [0, 0.1) is 11.6 Å². The van der Waals surface area contributed by atoms with Gasteiger partial charge in [-0.2, -0.15) is 4.98 Å². The number of nitrogens with zero attached hydrogens (tertiary/aromatic N) is 2.